The molecule has 0 bridgehead atoms. The molecule has 3 heterocycles. The summed E-state index contributed by atoms with van der Waals surface area (Å²) >= 11 is 0. The molecule has 10 heteroatoms. The first-order valence-corrected chi connectivity index (χ1v) is 10.5. The number of carbonyl (C=O) groups excluding carboxylic acids is 1. The summed E-state index contributed by atoms with van der Waals surface area (Å²) < 4.78 is 5.98. The van der Waals surface area contributed by atoms with Crippen LogP contribution in [0.15, 0.2) is 36.5 Å². The van der Waals surface area contributed by atoms with Gasteiger partial charge in [-0.25, -0.2) is 4.98 Å². The number of likely N-dealkylation sites (tertiary alicyclic amines) is 1. The van der Waals surface area contributed by atoms with Crippen molar-refractivity contribution in [2.75, 3.05) is 39.0 Å². The molecule has 1 fully saturated rings. The first-order chi connectivity index (χ1) is 14.9. The van der Waals surface area contributed by atoms with Gasteiger partial charge in [-0.15, -0.1) is 24.8 Å². The number of nitrogens with zero attached hydrogens (tertiary/aromatic N) is 3. The number of hydrogen-bond acceptors (Lipinski definition) is 6. The van der Waals surface area contributed by atoms with Crippen molar-refractivity contribution in [3.63, 3.8) is 0 Å². The summed E-state index contributed by atoms with van der Waals surface area (Å²) in [7, 11) is 2.09. The van der Waals surface area contributed by atoms with Gasteiger partial charge in [0.1, 0.15) is 23.6 Å². The van der Waals surface area contributed by atoms with Crippen molar-refractivity contribution in [3.8, 4) is 5.75 Å². The fourth-order valence-electron chi connectivity index (χ4n) is 4.26. The molecule has 0 aliphatic carbocycles. The van der Waals surface area contributed by atoms with Gasteiger partial charge < -0.3 is 25.4 Å². The molecule has 180 valence electrons. The third kappa shape index (κ3) is 5.88. The monoisotopic (exact) mass is 496 g/mol. The maximum absolute atomic E-state index is 12.7. The highest BCUT2D eigenvalue weighted by atomic mass is 35.5. The van der Waals surface area contributed by atoms with Crippen LogP contribution in [0.2, 0.25) is 0 Å². The lowest BCUT2D eigenvalue weighted by Crippen LogP contribution is -2.49. The highest BCUT2D eigenvalue weighted by Crippen LogP contribution is 2.34. The van der Waals surface area contributed by atoms with Crippen LogP contribution in [0.5, 0.6) is 5.75 Å². The van der Waals surface area contributed by atoms with E-state index in [0.29, 0.717) is 43.1 Å². The number of nitrogens with two attached hydrogens (primary N) is 1. The van der Waals surface area contributed by atoms with Crippen LogP contribution in [0.1, 0.15) is 34.3 Å². The normalized spacial score (nSPS) is 17.2. The third-order valence-electron chi connectivity index (χ3n) is 6.39. The van der Waals surface area contributed by atoms with Crippen molar-refractivity contribution in [2.45, 2.75) is 25.8 Å². The molecule has 33 heavy (non-hydrogen) atoms. The molecule has 0 spiro atoms. The number of aliphatic carboxylic acids is 1. The standard InChI is InChI=1S/C23H28N4O4.2ClH/c1-26-9-6-16-2-4-19(12-18(16)14-26)31-15-23(22(29)30)7-10-27(11-8-23)21(28)17-3-5-20(24)25-13-17;;/h2-5,12-13H,6-11,14-15H2,1H3,(H2,24,25)(H,29,30);2*1H. The van der Waals surface area contributed by atoms with E-state index in [4.69, 9.17) is 10.5 Å². The average molecular weight is 497 g/mol. The van der Waals surface area contributed by atoms with Gasteiger partial charge in [0.05, 0.1) is 5.56 Å². The molecule has 1 aromatic heterocycles. The second-order valence-electron chi connectivity index (χ2n) is 8.56. The first-order valence-electron chi connectivity index (χ1n) is 10.5. The Morgan fingerprint density at radius 1 is 1.12 bits per heavy atom. The quantitative estimate of drug-likeness (QED) is 0.654. The van der Waals surface area contributed by atoms with E-state index in [0.717, 1.165) is 19.5 Å². The molecule has 1 aromatic carbocycles. The van der Waals surface area contributed by atoms with Gasteiger partial charge in [-0.2, -0.15) is 0 Å². The highest BCUT2D eigenvalue weighted by molar-refractivity contribution is 5.94. The number of carboxylic acid groups (broad SMARTS) is 1. The molecular weight excluding hydrogens is 467 g/mol. The van der Waals surface area contributed by atoms with Crippen LogP contribution in [0, 0.1) is 5.41 Å². The summed E-state index contributed by atoms with van der Waals surface area (Å²) in [5, 5.41) is 9.95. The van der Waals surface area contributed by atoms with Gasteiger partial charge in [0, 0.05) is 32.4 Å². The maximum atomic E-state index is 12.7. The van der Waals surface area contributed by atoms with E-state index in [2.05, 4.69) is 23.0 Å². The third-order valence-corrected chi connectivity index (χ3v) is 6.39. The number of halogens is 2. The second kappa shape index (κ2) is 11.0. The molecule has 1 amide bonds. The van der Waals surface area contributed by atoms with Crippen LogP contribution in [0.25, 0.3) is 0 Å². The first kappa shape index (κ1) is 26.7. The zero-order chi connectivity index (χ0) is 22.0. The Hall–Kier alpha value is -2.55. The maximum Gasteiger partial charge on any atom is 0.313 e. The zero-order valence-corrected chi connectivity index (χ0v) is 20.2. The Morgan fingerprint density at radius 3 is 2.48 bits per heavy atom. The van der Waals surface area contributed by atoms with Gasteiger partial charge in [0.15, 0.2) is 0 Å². The van der Waals surface area contributed by atoms with Crippen LogP contribution in [0.3, 0.4) is 0 Å². The molecule has 4 rings (SSSR count). The summed E-state index contributed by atoms with van der Waals surface area (Å²) in [5.41, 5.74) is 7.57. The molecule has 2 aliphatic rings. The topological polar surface area (TPSA) is 109 Å². The SMILES string of the molecule is CN1CCc2ccc(OCC3(C(=O)O)CCN(C(=O)c4ccc(N)nc4)CC3)cc2C1.Cl.Cl. The average Bonchev–Trinajstić information content (AvgIpc) is 2.77. The minimum absolute atomic E-state index is 0. The Bertz CT molecular complexity index is 979. The molecule has 2 aromatic rings. The molecule has 0 unspecified atom stereocenters. The molecular formula is C23H30Cl2N4O4. The fraction of sp³-hybridized carbons (Fsp3) is 0.435. The number of anilines is 1. The van der Waals surface area contributed by atoms with Crippen LogP contribution in [-0.4, -0.2) is 65.1 Å². The molecule has 0 radical (unpaired) electrons. The number of fused-ring (bicyclic) bond motifs is 1. The Balaban J connectivity index is 0.00000193. The Labute approximate surface area is 205 Å². The van der Waals surface area contributed by atoms with Crippen LogP contribution < -0.4 is 10.5 Å². The molecule has 8 nitrogen and oxygen atoms in total. The van der Waals surface area contributed by atoms with Gasteiger partial charge in [0.25, 0.3) is 5.91 Å². The van der Waals surface area contributed by atoms with Crippen LogP contribution in [-0.2, 0) is 17.8 Å². The van der Waals surface area contributed by atoms with E-state index in [9.17, 15) is 14.7 Å². The fourth-order valence-corrected chi connectivity index (χ4v) is 4.26. The summed E-state index contributed by atoms with van der Waals surface area (Å²) in [4.78, 5) is 32.7. The van der Waals surface area contributed by atoms with Gasteiger partial charge in [-0.1, -0.05) is 6.07 Å². The van der Waals surface area contributed by atoms with E-state index in [1.54, 1.807) is 17.0 Å². The Kier molecular flexibility index (Phi) is 8.94. The second-order valence-corrected chi connectivity index (χ2v) is 8.56. The zero-order valence-electron chi connectivity index (χ0n) is 18.5. The summed E-state index contributed by atoms with van der Waals surface area (Å²) in [6.45, 7) is 2.70. The summed E-state index contributed by atoms with van der Waals surface area (Å²) in [5.74, 6) is 0.00449. The number of pyridine rings is 1. The number of aromatic nitrogens is 1. The van der Waals surface area contributed by atoms with Gasteiger partial charge in [0.2, 0.25) is 0 Å². The van der Waals surface area contributed by atoms with Crippen molar-refractivity contribution in [2.24, 2.45) is 5.41 Å². The number of amides is 1. The largest absolute Gasteiger partial charge is 0.492 e. The number of carboxylic acids is 1. The number of ether oxygens (including phenoxy) is 1. The smallest absolute Gasteiger partial charge is 0.313 e. The number of rotatable bonds is 5. The number of hydrogen-bond donors (Lipinski definition) is 2. The van der Waals surface area contributed by atoms with E-state index in [-0.39, 0.29) is 37.3 Å². The molecule has 0 saturated carbocycles. The number of carbonyl (C=O) groups is 2. The number of piperidine rings is 1. The van der Waals surface area contributed by atoms with Gasteiger partial charge in [-0.05, 0) is 61.7 Å². The van der Waals surface area contributed by atoms with Crippen molar-refractivity contribution < 1.29 is 19.4 Å². The van der Waals surface area contributed by atoms with Crippen LogP contribution in [0.4, 0.5) is 5.82 Å². The number of nitrogen functional groups attached to an aromatic ring is 1. The van der Waals surface area contributed by atoms with Crippen molar-refractivity contribution >= 4 is 42.5 Å². The lowest BCUT2D eigenvalue weighted by atomic mass is 9.79. The highest BCUT2D eigenvalue weighted by Gasteiger charge is 2.43. The van der Waals surface area contributed by atoms with E-state index >= 15 is 0 Å². The molecule has 1 saturated heterocycles. The van der Waals surface area contributed by atoms with Gasteiger partial charge >= 0.3 is 5.97 Å². The minimum Gasteiger partial charge on any atom is -0.492 e. The van der Waals surface area contributed by atoms with E-state index in [1.807, 2.05) is 12.1 Å². The predicted molar refractivity (Wildman–Crippen MR) is 130 cm³/mol. The number of benzene rings is 1. The van der Waals surface area contributed by atoms with Crippen LogP contribution >= 0.6 is 24.8 Å². The molecule has 3 N–H and O–H groups in total. The number of likely N-dealkylation sites (N-methyl/N-ethyl adjacent to an activating group) is 1. The Morgan fingerprint density at radius 2 is 1.85 bits per heavy atom. The van der Waals surface area contributed by atoms with E-state index < -0.39 is 11.4 Å². The van der Waals surface area contributed by atoms with E-state index in [1.165, 1.54) is 17.3 Å². The minimum atomic E-state index is -1.01. The molecule has 2 aliphatic heterocycles. The molecule has 0 atom stereocenters. The van der Waals surface area contributed by atoms with Gasteiger partial charge in [-0.3, -0.25) is 9.59 Å². The summed E-state index contributed by atoms with van der Waals surface area (Å²) in [6.07, 6.45) is 3.14. The van der Waals surface area contributed by atoms with Crippen molar-refractivity contribution in [1.82, 2.24) is 14.8 Å². The lowest BCUT2D eigenvalue weighted by molar-refractivity contribution is -0.154. The lowest BCUT2D eigenvalue weighted by Gasteiger charge is -2.38. The predicted octanol–water partition coefficient (Wildman–Crippen LogP) is 2.88. The van der Waals surface area contributed by atoms with Crippen molar-refractivity contribution in [1.29, 1.82) is 0 Å². The summed E-state index contributed by atoms with van der Waals surface area (Å²) in [6, 6.07) is 9.25. The van der Waals surface area contributed by atoms with Crippen molar-refractivity contribution in [3.05, 3.63) is 53.2 Å².